The van der Waals surface area contributed by atoms with Crippen LogP contribution in [0.5, 0.6) is 0 Å². The first-order valence-corrected chi connectivity index (χ1v) is 3.13. The minimum absolute atomic E-state index is 0.258. The molecule has 2 unspecified atom stereocenters. The zero-order valence-electron chi connectivity index (χ0n) is 5.98. The van der Waals surface area contributed by atoms with E-state index in [4.69, 9.17) is 0 Å². The highest BCUT2D eigenvalue weighted by atomic mass is 19.3. The predicted octanol–water partition coefficient (Wildman–Crippen LogP) is 2.01. The Kier molecular flexibility index (Phi) is 4.43. The molecular formula is C6H11F3O. The third-order valence-electron chi connectivity index (χ3n) is 1.12. The molecule has 0 saturated carbocycles. The maximum atomic E-state index is 12.2. The molecule has 0 aliphatic carbocycles. The fourth-order valence-corrected chi connectivity index (χ4v) is 0.560. The number of hydrogen-bond donors (Lipinski definition) is 0. The summed E-state index contributed by atoms with van der Waals surface area (Å²) in [6.07, 6.45) is -6.12. The zero-order valence-corrected chi connectivity index (χ0v) is 5.98. The molecule has 0 spiro atoms. The van der Waals surface area contributed by atoms with Gasteiger partial charge in [-0.25, -0.2) is 13.2 Å². The van der Waals surface area contributed by atoms with Gasteiger partial charge in [0.1, 0.15) is 0 Å². The summed E-state index contributed by atoms with van der Waals surface area (Å²) in [5.41, 5.74) is 0. The van der Waals surface area contributed by atoms with E-state index in [2.05, 4.69) is 4.74 Å². The van der Waals surface area contributed by atoms with Gasteiger partial charge in [-0.3, -0.25) is 0 Å². The van der Waals surface area contributed by atoms with Crippen molar-refractivity contribution in [1.82, 2.24) is 0 Å². The Morgan fingerprint density at radius 3 is 2.10 bits per heavy atom. The van der Waals surface area contributed by atoms with Crippen LogP contribution in [0.1, 0.15) is 13.8 Å². The van der Waals surface area contributed by atoms with Gasteiger partial charge in [-0.1, -0.05) is 0 Å². The van der Waals surface area contributed by atoms with Gasteiger partial charge in [0.05, 0.1) is 6.10 Å². The van der Waals surface area contributed by atoms with Crippen LogP contribution in [0.15, 0.2) is 0 Å². The van der Waals surface area contributed by atoms with E-state index in [1.165, 1.54) is 6.92 Å². The fraction of sp³-hybridized carbons (Fsp3) is 1.00. The van der Waals surface area contributed by atoms with E-state index < -0.39 is 18.7 Å². The van der Waals surface area contributed by atoms with Crippen LogP contribution in [0.3, 0.4) is 0 Å². The Labute approximate surface area is 58.2 Å². The summed E-state index contributed by atoms with van der Waals surface area (Å²) in [4.78, 5) is 0. The normalized spacial score (nSPS) is 17.4. The minimum atomic E-state index is -2.94. The quantitative estimate of drug-likeness (QED) is 0.605. The van der Waals surface area contributed by atoms with Crippen molar-refractivity contribution in [3.05, 3.63) is 0 Å². The van der Waals surface area contributed by atoms with Crippen molar-refractivity contribution in [3.8, 4) is 0 Å². The van der Waals surface area contributed by atoms with Crippen molar-refractivity contribution in [3.63, 3.8) is 0 Å². The van der Waals surface area contributed by atoms with Crippen molar-refractivity contribution < 1.29 is 17.9 Å². The highest BCUT2D eigenvalue weighted by molar-refractivity contribution is 4.66. The third-order valence-corrected chi connectivity index (χ3v) is 1.12. The van der Waals surface area contributed by atoms with Crippen molar-refractivity contribution in [2.45, 2.75) is 32.5 Å². The SMILES string of the molecule is CCOC(C)C(F)C(F)F. The van der Waals surface area contributed by atoms with Crippen LogP contribution in [0.2, 0.25) is 0 Å². The van der Waals surface area contributed by atoms with E-state index >= 15 is 0 Å². The predicted molar refractivity (Wildman–Crippen MR) is 32.0 cm³/mol. The molecular weight excluding hydrogens is 145 g/mol. The van der Waals surface area contributed by atoms with Gasteiger partial charge >= 0.3 is 0 Å². The van der Waals surface area contributed by atoms with Gasteiger partial charge < -0.3 is 4.74 Å². The van der Waals surface area contributed by atoms with Gasteiger partial charge in [-0.05, 0) is 13.8 Å². The van der Waals surface area contributed by atoms with E-state index in [0.717, 1.165) is 0 Å². The average Bonchev–Trinajstić information content (AvgIpc) is 1.87. The number of halogens is 3. The first-order chi connectivity index (χ1) is 4.59. The van der Waals surface area contributed by atoms with E-state index in [1.807, 2.05) is 0 Å². The van der Waals surface area contributed by atoms with E-state index in [0.29, 0.717) is 0 Å². The molecule has 0 N–H and O–H groups in total. The fourth-order valence-electron chi connectivity index (χ4n) is 0.560. The molecule has 0 aliphatic rings. The molecule has 0 bridgehead atoms. The lowest BCUT2D eigenvalue weighted by Crippen LogP contribution is -2.28. The van der Waals surface area contributed by atoms with Crippen LogP contribution in [-0.4, -0.2) is 25.3 Å². The minimum Gasteiger partial charge on any atom is -0.376 e. The first-order valence-electron chi connectivity index (χ1n) is 3.13. The molecule has 1 nitrogen and oxygen atoms in total. The van der Waals surface area contributed by atoms with Crippen molar-refractivity contribution in [1.29, 1.82) is 0 Å². The number of ether oxygens (including phenoxy) is 1. The smallest absolute Gasteiger partial charge is 0.271 e. The lowest BCUT2D eigenvalue weighted by Gasteiger charge is -2.14. The van der Waals surface area contributed by atoms with Gasteiger partial charge in [0.2, 0.25) is 0 Å². The number of alkyl halides is 3. The Morgan fingerprint density at radius 1 is 1.30 bits per heavy atom. The van der Waals surface area contributed by atoms with Crippen LogP contribution in [0.25, 0.3) is 0 Å². The van der Waals surface area contributed by atoms with Crippen LogP contribution in [-0.2, 0) is 4.74 Å². The molecule has 0 rings (SSSR count). The zero-order chi connectivity index (χ0) is 8.15. The Bertz CT molecular complexity index is 87.1. The average molecular weight is 156 g/mol. The number of rotatable bonds is 4. The molecule has 0 aliphatic heterocycles. The van der Waals surface area contributed by atoms with Crippen molar-refractivity contribution in [2.24, 2.45) is 0 Å². The summed E-state index contributed by atoms with van der Waals surface area (Å²) < 4.78 is 39.9. The molecule has 0 fully saturated rings. The van der Waals surface area contributed by atoms with Crippen molar-refractivity contribution >= 4 is 0 Å². The van der Waals surface area contributed by atoms with E-state index in [9.17, 15) is 13.2 Å². The Hall–Kier alpha value is -0.250. The highest BCUT2D eigenvalue weighted by Crippen LogP contribution is 2.12. The summed E-state index contributed by atoms with van der Waals surface area (Å²) in [6, 6.07) is 0. The molecule has 0 radical (unpaired) electrons. The maximum Gasteiger partial charge on any atom is 0.271 e. The lowest BCUT2D eigenvalue weighted by atomic mass is 10.2. The van der Waals surface area contributed by atoms with Crippen LogP contribution >= 0.6 is 0 Å². The first kappa shape index (κ1) is 9.75. The largest absolute Gasteiger partial charge is 0.376 e. The third kappa shape index (κ3) is 3.06. The van der Waals surface area contributed by atoms with E-state index in [1.54, 1.807) is 6.92 Å². The van der Waals surface area contributed by atoms with Gasteiger partial charge in [0, 0.05) is 6.61 Å². The summed E-state index contributed by atoms with van der Waals surface area (Å²) in [5.74, 6) is 0. The molecule has 10 heavy (non-hydrogen) atoms. The molecule has 2 atom stereocenters. The molecule has 62 valence electrons. The summed E-state index contributed by atoms with van der Waals surface area (Å²) in [5, 5.41) is 0. The second kappa shape index (κ2) is 4.55. The summed E-state index contributed by atoms with van der Waals surface area (Å²) >= 11 is 0. The molecule has 0 aromatic heterocycles. The van der Waals surface area contributed by atoms with Crippen molar-refractivity contribution in [2.75, 3.05) is 6.61 Å². The second-order valence-corrected chi connectivity index (χ2v) is 1.94. The molecule has 4 heteroatoms. The van der Waals surface area contributed by atoms with Crippen LogP contribution in [0, 0.1) is 0 Å². The van der Waals surface area contributed by atoms with E-state index in [-0.39, 0.29) is 6.61 Å². The van der Waals surface area contributed by atoms with Gasteiger partial charge in [0.25, 0.3) is 6.43 Å². The molecule has 0 saturated heterocycles. The highest BCUT2D eigenvalue weighted by Gasteiger charge is 2.26. The standard InChI is InChI=1S/C6H11F3O/c1-3-10-4(2)5(7)6(8)9/h4-6H,3H2,1-2H3. The van der Waals surface area contributed by atoms with Crippen LogP contribution in [0.4, 0.5) is 13.2 Å². The van der Waals surface area contributed by atoms with Crippen LogP contribution < -0.4 is 0 Å². The summed E-state index contributed by atoms with van der Waals surface area (Å²) in [6.45, 7) is 3.18. The molecule has 0 aromatic carbocycles. The second-order valence-electron chi connectivity index (χ2n) is 1.94. The topological polar surface area (TPSA) is 9.23 Å². The van der Waals surface area contributed by atoms with Gasteiger partial charge in [-0.2, -0.15) is 0 Å². The molecule has 0 aromatic rings. The summed E-state index contributed by atoms with van der Waals surface area (Å²) in [7, 11) is 0. The van der Waals surface area contributed by atoms with Gasteiger partial charge in [-0.15, -0.1) is 0 Å². The molecule has 0 amide bonds. The van der Waals surface area contributed by atoms with Gasteiger partial charge in [0.15, 0.2) is 6.17 Å². The Balaban J connectivity index is 3.58. The lowest BCUT2D eigenvalue weighted by molar-refractivity contribution is -0.0530. The molecule has 0 heterocycles. The number of hydrogen-bond acceptors (Lipinski definition) is 1. The Morgan fingerprint density at radius 2 is 1.80 bits per heavy atom. The monoisotopic (exact) mass is 156 g/mol. The maximum absolute atomic E-state index is 12.2.